The Morgan fingerprint density at radius 2 is 1.82 bits per heavy atom. The van der Waals surface area contributed by atoms with Crippen LogP contribution in [0.3, 0.4) is 0 Å². The van der Waals surface area contributed by atoms with Gasteiger partial charge in [-0.05, 0) is 55.0 Å². The molecule has 0 spiro atoms. The molecule has 3 heterocycles. The zero-order valence-corrected chi connectivity index (χ0v) is 21.9. The van der Waals surface area contributed by atoms with Gasteiger partial charge in [0.05, 0.1) is 33.4 Å². The molecule has 0 radical (unpaired) electrons. The lowest BCUT2D eigenvalue weighted by Gasteiger charge is -2.36. The van der Waals surface area contributed by atoms with E-state index in [1.807, 2.05) is 25.3 Å². The van der Waals surface area contributed by atoms with Crippen molar-refractivity contribution in [3.05, 3.63) is 83.7 Å². The van der Waals surface area contributed by atoms with Gasteiger partial charge >= 0.3 is 0 Å². The van der Waals surface area contributed by atoms with Crippen LogP contribution in [0, 0.1) is 18.3 Å². The summed E-state index contributed by atoms with van der Waals surface area (Å²) in [5, 5.41) is 18.2. The van der Waals surface area contributed by atoms with Gasteiger partial charge in [-0.15, -0.1) is 0 Å². The number of amides is 1. The minimum absolute atomic E-state index is 0.0397. The molecule has 0 saturated carbocycles. The summed E-state index contributed by atoms with van der Waals surface area (Å²) < 4.78 is 28.9. The van der Waals surface area contributed by atoms with Gasteiger partial charge < -0.3 is 14.8 Å². The monoisotopic (exact) mass is 539 g/mol. The Labute approximate surface area is 224 Å². The molecule has 1 fully saturated rings. The minimum Gasteiger partial charge on any atom is -0.367 e. The number of carbonyl (C=O) groups is 1. The second-order valence-electron chi connectivity index (χ2n) is 9.51. The van der Waals surface area contributed by atoms with Crippen LogP contribution in [0.1, 0.15) is 21.5 Å². The van der Waals surface area contributed by atoms with Crippen molar-refractivity contribution in [3.63, 3.8) is 0 Å². The number of hydrogen-bond acceptors (Lipinski definition) is 6. The number of sulfonamides is 1. The molecule has 11 heteroatoms. The topological polar surface area (TPSA) is 138 Å². The highest BCUT2D eigenvalue weighted by Crippen LogP contribution is 2.30. The van der Waals surface area contributed by atoms with Crippen LogP contribution in [0.25, 0.3) is 21.8 Å². The van der Waals surface area contributed by atoms with Crippen molar-refractivity contribution >= 4 is 49.1 Å². The Hall–Kier alpha value is -4.82. The predicted molar refractivity (Wildman–Crippen MR) is 149 cm³/mol. The number of nitriles is 1. The van der Waals surface area contributed by atoms with Crippen molar-refractivity contribution in [2.75, 3.05) is 35.8 Å². The Balaban J connectivity index is 1.15. The fourth-order valence-electron chi connectivity index (χ4n) is 5.14. The summed E-state index contributed by atoms with van der Waals surface area (Å²) in [5.41, 5.74) is 4.71. The van der Waals surface area contributed by atoms with Gasteiger partial charge in [0.2, 0.25) is 0 Å². The molecule has 2 aromatic heterocycles. The zero-order chi connectivity index (χ0) is 27.1. The lowest BCUT2D eigenvalue weighted by molar-refractivity contribution is 0.0746. The Morgan fingerprint density at radius 3 is 2.56 bits per heavy atom. The molecular formula is C28H25N7O3S. The van der Waals surface area contributed by atoms with Gasteiger partial charge in [0.25, 0.3) is 15.9 Å². The maximum atomic E-state index is 13.2. The number of benzene rings is 3. The molecule has 5 aromatic rings. The van der Waals surface area contributed by atoms with Gasteiger partial charge in [-0.2, -0.15) is 10.4 Å². The summed E-state index contributed by atoms with van der Waals surface area (Å²) in [7, 11) is -3.93. The number of nitrogens with zero attached hydrogens (tertiary/aromatic N) is 4. The number of carbonyl (C=O) groups excluding carboxylic acids is 1. The van der Waals surface area contributed by atoms with Crippen molar-refractivity contribution in [1.29, 1.82) is 5.26 Å². The van der Waals surface area contributed by atoms with Gasteiger partial charge in [-0.25, -0.2) is 8.42 Å². The van der Waals surface area contributed by atoms with Crippen molar-refractivity contribution in [2.45, 2.75) is 11.8 Å². The highest BCUT2D eigenvalue weighted by atomic mass is 32.2. The summed E-state index contributed by atoms with van der Waals surface area (Å²) in [4.78, 5) is 20.2. The standard InChI is InChI=1S/C28H25N7O3S/c1-18-5-10-24(27-26(18)20(15-29)16-30-27)33-39(37,38)21-8-6-19(7-9-21)28(36)35-13-11-34(12-14-35)25-4-2-3-23-22(25)17-31-32-23/h2-10,16-17,30,33H,11-14H2,1H3,(H,31,32). The second kappa shape index (κ2) is 9.49. The van der Waals surface area contributed by atoms with Gasteiger partial charge in [-0.3, -0.25) is 14.6 Å². The normalized spacial score (nSPS) is 14.1. The fraction of sp³-hybridized carbons (Fsp3) is 0.179. The quantitative estimate of drug-likeness (QED) is 0.309. The molecule has 196 valence electrons. The van der Waals surface area contributed by atoms with E-state index in [2.05, 4.69) is 36.9 Å². The molecule has 6 rings (SSSR count). The van der Waals surface area contributed by atoms with Crippen LogP contribution in [0.15, 0.2) is 71.9 Å². The summed E-state index contributed by atoms with van der Waals surface area (Å²) in [6.07, 6.45) is 3.38. The first-order valence-electron chi connectivity index (χ1n) is 12.5. The summed E-state index contributed by atoms with van der Waals surface area (Å²) in [6, 6.07) is 17.5. The largest absolute Gasteiger partial charge is 0.367 e. The maximum Gasteiger partial charge on any atom is 0.261 e. The van der Waals surface area contributed by atoms with E-state index in [-0.39, 0.29) is 10.8 Å². The molecular weight excluding hydrogens is 514 g/mol. The summed E-state index contributed by atoms with van der Waals surface area (Å²) >= 11 is 0. The molecule has 3 aromatic carbocycles. The first-order chi connectivity index (χ1) is 18.9. The van der Waals surface area contributed by atoms with E-state index in [9.17, 15) is 18.5 Å². The Bertz CT molecular complexity index is 1860. The highest BCUT2D eigenvalue weighted by Gasteiger charge is 2.24. The van der Waals surface area contributed by atoms with Crippen LogP contribution in [-0.4, -0.2) is 60.6 Å². The number of aryl methyl sites for hydroxylation is 1. The molecule has 3 N–H and O–H groups in total. The Kier molecular flexibility index (Phi) is 5.96. The minimum atomic E-state index is -3.93. The predicted octanol–water partition coefficient (Wildman–Crippen LogP) is 3.99. The molecule has 0 aliphatic carbocycles. The van der Waals surface area contributed by atoms with E-state index in [0.717, 1.165) is 22.2 Å². The number of hydrogen-bond donors (Lipinski definition) is 3. The molecule has 1 aliphatic heterocycles. The molecule has 39 heavy (non-hydrogen) atoms. The third kappa shape index (κ3) is 4.34. The lowest BCUT2D eigenvalue weighted by atomic mass is 10.1. The van der Waals surface area contributed by atoms with Crippen molar-refractivity contribution < 1.29 is 13.2 Å². The molecule has 1 amide bonds. The first kappa shape index (κ1) is 24.5. The number of rotatable bonds is 5. The van der Waals surface area contributed by atoms with Gasteiger partial charge in [0.1, 0.15) is 6.07 Å². The van der Waals surface area contributed by atoms with Crippen LogP contribution < -0.4 is 9.62 Å². The van der Waals surface area contributed by atoms with E-state index in [4.69, 9.17) is 0 Å². The van der Waals surface area contributed by atoms with Crippen molar-refractivity contribution in [3.8, 4) is 6.07 Å². The third-order valence-electron chi connectivity index (χ3n) is 7.19. The van der Waals surface area contributed by atoms with Gasteiger partial charge in [0, 0.05) is 54.4 Å². The lowest BCUT2D eigenvalue weighted by Crippen LogP contribution is -2.48. The molecule has 1 aliphatic rings. The fourth-order valence-corrected chi connectivity index (χ4v) is 6.21. The van der Waals surface area contributed by atoms with E-state index >= 15 is 0 Å². The maximum absolute atomic E-state index is 13.2. The number of aromatic nitrogens is 3. The SMILES string of the molecule is Cc1ccc(NS(=O)(=O)c2ccc(C(=O)N3CCN(c4cccc5[nH]ncc45)CC3)cc2)c2[nH]cc(C#N)c12. The van der Waals surface area contributed by atoms with E-state index < -0.39 is 10.0 Å². The summed E-state index contributed by atoms with van der Waals surface area (Å²) in [5.74, 6) is -0.135. The molecule has 10 nitrogen and oxygen atoms in total. The van der Waals surface area contributed by atoms with Crippen LogP contribution in [0.5, 0.6) is 0 Å². The first-order valence-corrected chi connectivity index (χ1v) is 13.9. The number of H-pyrrole nitrogens is 2. The smallest absolute Gasteiger partial charge is 0.261 e. The van der Waals surface area contributed by atoms with E-state index in [0.29, 0.717) is 53.9 Å². The van der Waals surface area contributed by atoms with E-state index in [1.54, 1.807) is 35.4 Å². The van der Waals surface area contributed by atoms with Crippen LogP contribution >= 0.6 is 0 Å². The third-order valence-corrected chi connectivity index (χ3v) is 8.57. The molecule has 1 saturated heterocycles. The molecule has 0 bridgehead atoms. The van der Waals surface area contributed by atoms with Crippen LogP contribution in [0.4, 0.5) is 11.4 Å². The number of aromatic amines is 2. The van der Waals surface area contributed by atoms with Crippen molar-refractivity contribution in [2.24, 2.45) is 0 Å². The number of fused-ring (bicyclic) bond motifs is 2. The van der Waals surface area contributed by atoms with Gasteiger partial charge in [-0.1, -0.05) is 12.1 Å². The number of piperazine rings is 1. The van der Waals surface area contributed by atoms with Crippen LogP contribution in [0.2, 0.25) is 0 Å². The van der Waals surface area contributed by atoms with Gasteiger partial charge in [0.15, 0.2) is 0 Å². The zero-order valence-electron chi connectivity index (χ0n) is 21.1. The second-order valence-corrected chi connectivity index (χ2v) is 11.2. The summed E-state index contributed by atoms with van der Waals surface area (Å²) in [6.45, 7) is 4.34. The average Bonchev–Trinajstić information content (AvgIpc) is 3.62. The van der Waals surface area contributed by atoms with Crippen molar-refractivity contribution in [1.82, 2.24) is 20.1 Å². The average molecular weight is 540 g/mol. The molecule has 0 atom stereocenters. The van der Waals surface area contributed by atoms with Crippen LogP contribution in [-0.2, 0) is 10.0 Å². The molecule has 0 unspecified atom stereocenters. The number of nitrogens with one attached hydrogen (secondary N) is 3. The van der Waals surface area contributed by atoms with E-state index in [1.165, 1.54) is 12.1 Å². The Morgan fingerprint density at radius 1 is 1.05 bits per heavy atom. The number of anilines is 2. The highest BCUT2D eigenvalue weighted by molar-refractivity contribution is 7.92.